The summed E-state index contributed by atoms with van der Waals surface area (Å²) >= 11 is 13.8. The largest absolute Gasteiger partial charge is 0.484 e. The van der Waals surface area contributed by atoms with E-state index >= 15 is 0 Å². The molecule has 0 spiro atoms. The second-order valence-electron chi connectivity index (χ2n) is 8.18. The number of carbonyl (C=O) groups excluding carboxylic acids is 1. The summed E-state index contributed by atoms with van der Waals surface area (Å²) in [6.07, 6.45) is 0. The fourth-order valence-electron chi connectivity index (χ4n) is 3.23. The molecule has 0 fully saturated rings. The lowest BCUT2D eigenvalue weighted by Crippen LogP contribution is -2.45. The Morgan fingerprint density at radius 1 is 1.13 bits per heavy atom. The van der Waals surface area contributed by atoms with Gasteiger partial charge < -0.3 is 4.74 Å². The third-order valence-corrected chi connectivity index (χ3v) is 6.38. The van der Waals surface area contributed by atoms with Crippen molar-refractivity contribution >= 4 is 40.9 Å². The zero-order valence-electron chi connectivity index (χ0n) is 17.4. The first-order valence-corrected chi connectivity index (χ1v) is 11.6. The lowest BCUT2D eigenvalue weighted by Gasteiger charge is -2.29. The summed E-state index contributed by atoms with van der Waals surface area (Å²) in [5.41, 5.74) is 1.82. The lowest BCUT2D eigenvalue weighted by molar-refractivity contribution is 0.0952. The predicted molar refractivity (Wildman–Crippen MR) is 124 cm³/mol. The highest BCUT2D eigenvalue weighted by molar-refractivity contribution is 7.99. The van der Waals surface area contributed by atoms with Crippen LogP contribution in [0.25, 0.3) is 0 Å². The fraction of sp³-hybridized carbons (Fsp3) is 0.318. The van der Waals surface area contributed by atoms with Gasteiger partial charge in [-0.1, -0.05) is 67.9 Å². The highest BCUT2D eigenvalue weighted by Gasteiger charge is 2.28. The summed E-state index contributed by atoms with van der Waals surface area (Å²) in [5.74, 6) is 1.60. The van der Waals surface area contributed by atoms with Gasteiger partial charge in [-0.3, -0.25) is 4.79 Å². The lowest BCUT2D eigenvalue weighted by atomic mass is 9.86. The van der Waals surface area contributed by atoms with E-state index < -0.39 is 0 Å². The molecule has 9 heteroatoms. The smallest absolute Gasteiger partial charge is 0.272 e. The molecule has 1 amide bonds. The molecule has 0 saturated carbocycles. The molecule has 0 bridgehead atoms. The normalized spacial score (nSPS) is 13.8. The first-order valence-electron chi connectivity index (χ1n) is 9.81. The number of benzene rings is 2. The third kappa shape index (κ3) is 4.68. The molecule has 1 aliphatic rings. The SMILES string of the molecule is CC(C)(C)c1ccc(C(=O)N2CCSc3nnc(COc4cc(Cl)ccc4Cl)n32)cc1. The van der Waals surface area contributed by atoms with Gasteiger partial charge in [0.1, 0.15) is 12.4 Å². The minimum atomic E-state index is -0.108. The van der Waals surface area contributed by atoms with Gasteiger partial charge in [0, 0.05) is 22.4 Å². The molecular formula is C22H22Cl2N4O2S. The number of hydrogen-bond acceptors (Lipinski definition) is 5. The van der Waals surface area contributed by atoms with Crippen molar-refractivity contribution in [2.75, 3.05) is 17.3 Å². The number of nitrogens with zero attached hydrogens (tertiary/aromatic N) is 4. The first kappa shape index (κ1) is 22.0. The van der Waals surface area contributed by atoms with Crippen LogP contribution in [0.2, 0.25) is 10.0 Å². The van der Waals surface area contributed by atoms with Gasteiger partial charge in [0.15, 0.2) is 5.82 Å². The maximum absolute atomic E-state index is 13.3. The number of fused-ring (bicyclic) bond motifs is 1. The molecule has 0 atom stereocenters. The Labute approximate surface area is 195 Å². The minimum Gasteiger partial charge on any atom is -0.484 e. The molecule has 0 saturated heterocycles. The van der Waals surface area contributed by atoms with Crippen LogP contribution in [0.4, 0.5) is 0 Å². The van der Waals surface area contributed by atoms with E-state index in [9.17, 15) is 4.79 Å². The molecule has 162 valence electrons. The van der Waals surface area contributed by atoms with Gasteiger partial charge in [-0.15, -0.1) is 10.2 Å². The summed E-state index contributed by atoms with van der Waals surface area (Å²) < 4.78 is 7.56. The maximum Gasteiger partial charge on any atom is 0.272 e. The van der Waals surface area contributed by atoms with Gasteiger partial charge in [0.25, 0.3) is 5.91 Å². The zero-order chi connectivity index (χ0) is 22.2. The quantitative estimate of drug-likeness (QED) is 0.507. The number of thioether (sulfide) groups is 1. The van der Waals surface area contributed by atoms with Crippen molar-refractivity contribution in [1.82, 2.24) is 14.9 Å². The Kier molecular flexibility index (Phi) is 6.19. The topological polar surface area (TPSA) is 60.3 Å². The van der Waals surface area contributed by atoms with E-state index in [2.05, 4.69) is 31.0 Å². The monoisotopic (exact) mass is 476 g/mol. The van der Waals surface area contributed by atoms with Gasteiger partial charge in [0.2, 0.25) is 5.16 Å². The average Bonchev–Trinajstić information content (AvgIpc) is 3.16. The number of aromatic nitrogens is 3. The Bertz CT molecular complexity index is 1110. The molecule has 2 heterocycles. The van der Waals surface area contributed by atoms with Crippen molar-refractivity contribution in [1.29, 1.82) is 0 Å². The van der Waals surface area contributed by atoms with Gasteiger partial charge in [-0.05, 0) is 35.2 Å². The van der Waals surface area contributed by atoms with Gasteiger partial charge in [0.05, 0.1) is 11.6 Å². The molecule has 0 N–H and O–H groups in total. The van der Waals surface area contributed by atoms with E-state index in [-0.39, 0.29) is 17.9 Å². The molecule has 6 nitrogen and oxygen atoms in total. The van der Waals surface area contributed by atoms with E-state index in [1.165, 1.54) is 5.56 Å². The molecule has 3 aromatic rings. The van der Waals surface area contributed by atoms with E-state index in [1.807, 2.05) is 24.3 Å². The van der Waals surface area contributed by atoms with Crippen LogP contribution in [-0.2, 0) is 12.0 Å². The van der Waals surface area contributed by atoms with E-state index in [0.29, 0.717) is 38.9 Å². The number of hydrogen-bond donors (Lipinski definition) is 0. The maximum atomic E-state index is 13.3. The van der Waals surface area contributed by atoms with E-state index in [1.54, 1.807) is 39.6 Å². The predicted octanol–water partition coefficient (Wildman–Crippen LogP) is 5.35. The van der Waals surface area contributed by atoms with Crippen molar-refractivity contribution in [3.05, 3.63) is 69.5 Å². The van der Waals surface area contributed by atoms with Crippen LogP contribution < -0.4 is 9.75 Å². The second kappa shape index (κ2) is 8.73. The van der Waals surface area contributed by atoms with Crippen LogP contribution in [0.5, 0.6) is 5.75 Å². The van der Waals surface area contributed by atoms with Crippen molar-refractivity contribution in [3.63, 3.8) is 0 Å². The Balaban J connectivity index is 1.58. The molecule has 1 aliphatic heterocycles. The number of halogens is 2. The molecule has 0 radical (unpaired) electrons. The van der Waals surface area contributed by atoms with Crippen LogP contribution in [0.1, 0.15) is 42.5 Å². The summed E-state index contributed by atoms with van der Waals surface area (Å²) in [6, 6.07) is 12.8. The summed E-state index contributed by atoms with van der Waals surface area (Å²) in [4.78, 5) is 13.3. The molecule has 0 aliphatic carbocycles. The van der Waals surface area contributed by atoms with Crippen molar-refractivity contribution < 1.29 is 9.53 Å². The highest BCUT2D eigenvalue weighted by Crippen LogP contribution is 2.30. The summed E-state index contributed by atoms with van der Waals surface area (Å²) in [5, 5.41) is 11.7. The van der Waals surface area contributed by atoms with Crippen LogP contribution >= 0.6 is 35.0 Å². The molecule has 2 aromatic carbocycles. The molecular weight excluding hydrogens is 455 g/mol. The van der Waals surface area contributed by atoms with Crippen LogP contribution in [-0.4, -0.2) is 33.1 Å². The summed E-state index contributed by atoms with van der Waals surface area (Å²) in [7, 11) is 0. The number of ether oxygens (including phenoxy) is 1. The third-order valence-electron chi connectivity index (χ3n) is 4.93. The first-order chi connectivity index (χ1) is 14.7. The van der Waals surface area contributed by atoms with Gasteiger partial charge in [-0.2, -0.15) is 0 Å². The van der Waals surface area contributed by atoms with Crippen molar-refractivity contribution in [2.24, 2.45) is 0 Å². The van der Waals surface area contributed by atoms with Crippen molar-refractivity contribution in [2.45, 2.75) is 37.9 Å². The number of rotatable bonds is 4. The molecule has 1 aromatic heterocycles. The number of carbonyl (C=O) groups is 1. The molecule has 0 unspecified atom stereocenters. The summed E-state index contributed by atoms with van der Waals surface area (Å²) in [6.45, 7) is 7.08. The Hall–Kier alpha value is -2.22. The van der Waals surface area contributed by atoms with E-state index in [4.69, 9.17) is 27.9 Å². The molecule has 31 heavy (non-hydrogen) atoms. The highest BCUT2D eigenvalue weighted by atomic mass is 35.5. The van der Waals surface area contributed by atoms with E-state index in [0.717, 1.165) is 5.75 Å². The second-order valence-corrected chi connectivity index (χ2v) is 10.1. The van der Waals surface area contributed by atoms with Gasteiger partial charge in [-0.25, -0.2) is 9.69 Å². The molecule has 4 rings (SSSR count). The minimum absolute atomic E-state index is 0.0247. The van der Waals surface area contributed by atoms with Gasteiger partial charge >= 0.3 is 0 Å². The van der Waals surface area contributed by atoms with Crippen molar-refractivity contribution in [3.8, 4) is 5.75 Å². The van der Waals surface area contributed by atoms with Crippen LogP contribution in [0.3, 0.4) is 0 Å². The number of amides is 1. The fourth-order valence-corrected chi connectivity index (χ4v) is 4.43. The van der Waals surface area contributed by atoms with Crippen LogP contribution in [0, 0.1) is 0 Å². The standard InChI is InChI=1S/C22H22Cl2N4O2S/c1-22(2,3)15-6-4-14(5-7-15)20(29)27-10-11-31-21-26-25-19(28(21)27)13-30-18-12-16(23)8-9-17(18)24/h4-9,12H,10-11,13H2,1-3H3. The Morgan fingerprint density at radius 3 is 2.58 bits per heavy atom. The average molecular weight is 477 g/mol. The van der Waals surface area contributed by atoms with Crippen LogP contribution in [0.15, 0.2) is 47.6 Å². The zero-order valence-corrected chi connectivity index (χ0v) is 19.8. The Morgan fingerprint density at radius 2 is 1.87 bits per heavy atom.